The minimum atomic E-state index is 0. The molecule has 0 radical (unpaired) electrons. The number of fused-ring (bicyclic) bond motifs is 1. The van der Waals surface area contributed by atoms with E-state index in [4.69, 9.17) is 5.41 Å². The molecule has 1 aliphatic rings. The lowest BCUT2D eigenvalue weighted by Gasteiger charge is -2.14. The molecular formula is C15H16BrIN2OS. The Balaban J connectivity index is 0.00000161. The number of aryl methyl sites for hydroxylation is 1. The van der Waals surface area contributed by atoms with Gasteiger partial charge in [0.2, 0.25) is 0 Å². The number of halogens is 2. The Morgan fingerprint density at radius 2 is 1.90 bits per heavy atom. The molecule has 112 valence electrons. The van der Waals surface area contributed by atoms with Crippen LogP contribution in [-0.2, 0) is 19.4 Å². The van der Waals surface area contributed by atoms with Crippen LogP contribution in [0.5, 0.6) is 0 Å². The van der Waals surface area contributed by atoms with Crippen LogP contribution in [0.25, 0.3) is 0 Å². The van der Waals surface area contributed by atoms with Crippen LogP contribution < -0.4 is 4.80 Å². The largest absolute Gasteiger partial charge is 0.313 e. The van der Waals surface area contributed by atoms with Crippen molar-refractivity contribution in [2.45, 2.75) is 32.2 Å². The summed E-state index contributed by atoms with van der Waals surface area (Å²) in [6, 6.07) is 7.63. The van der Waals surface area contributed by atoms with Crippen molar-refractivity contribution in [1.82, 2.24) is 4.57 Å². The number of hydrogen-bond acceptors (Lipinski definition) is 3. The third kappa shape index (κ3) is 3.65. The highest BCUT2D eigenvalue weighted by atomic mass is 127. The molecule has 0 aliphatic heterocycles. The fourth-order valence-corrected chi connectivity index (χ4v) is 4.04. The highest BCUT2D eigenvalue weighted by Gasteiger charge is 2.18. The maximum absolute atomic E-state index is 12.4. The van der Waals surface area contributed by atoms with Gasteiger partial charge in [0.15, 0.2) is 10.6 Å². The first-order chi connectivity index (χ1) is 9.65. The normalized spacial score (nSPS) is 13.4. The number of thiazole rings is 1. The molecule has 3 rings (SSSR count). The molecule has 3 nitrogen and oxygen atoms in total. The monoisotopic (exact) mass is 478 g/mol. The topological polar surface area (TPSA) is 45.9 Å². The molecule has 1 aliphatic carbocycles. The van der Waals surface area contributed by atoms with Crippen molar-refractivity contribution in [3.05, 3.63) is 48.8 Å². The first-order valence-electron chi connectivity index (χ1n) is 6.70. The van der Waals surface area contributed by atoms with Crippen LogP contribution in [-0.4, -0.2) is 10.4 Å². The second kappa shape index (κ2) is 7.19. The molecule has 0 saturated heterocycles. The van der Waals surface area contributed by atoms with Crippen molar-refractivity contribution in [1.29, 1.82) is 5.41 Å². The SMILES string of the molecule is Br.N=c1sc2c(n1CC(=O)c1ccc(I)cc1)CCCC2. The number of rotatable bonds is 3. The number of hydrogen-bond donors (Lipinski definition) is 1. The third-order valence-electron chi connectivity index (χ3n) is 3.65. The van der Waals surface area contributed by atoms with Gasteiger partial charge in [-0.3, -0.25) is 10.2 Å². The molecule has 0 bridgehead atoms. The Morgan fingerprint density at radius 1 is 1.24 bits per heavy atom. The van der Waals surface area contributed by atoms with Gasteiger partial charge in [-0.1, -0.05) is 12.1 Å². The molecule has 0 spiro atoms. The van der Waals surface area contributed by atoms with Crippen molar-refractivity contribution in [2.24, 2.45) is 0 Å². The van der Waals surface area contributed by atoms with Crippen LogP contribution in [0.1, 0.15) is 33.8 Å². The molecule has 21 heavy (non-hydrogen) atoms. The van der Waals surface area contributed by atoms with Crippen LogP contribution in [0.4, 0.5) is 0 Å². The van der Waals surface area contributed by atoms with Crippen molar-refractivity contribution < 1.29 is 4.79 Å². The Labute approximate surface area is 151 Å². The Hall–Kier alpha value is -0.470. The van der Waals surface area contributed by atoms with E-state index in [0.717, 1.165) is 22.0 Å². The zero-order valence-electron chi connectivity index (χ0n) is 11.4. The van der Waals surface area contributed by atoms with Crippen LogP contribution in [0.15, 0.2) is 24.3 Å². The Bertz CT molecular complexity index is 705. The Kier molecular flexibility index (Phi) is 5.79. The zero-order valence-corrected chi connectivity index (χ0v) is 16.1. The summed E-state index contributed by atoms with van der Waals surface area (Å²) < 4.78 is 3.03. The second-order valence-electron chi connectivity index (χ2n) is 5.00. The molecule has 0 unspecified atom stereocenters. The summed E-state index contributed by atoms with van der Waals surface area (Å²) in [6.45, 7) is 0.297. The van der Waals surface area contributed by atoms with Crippen molar-refractivity contribution >= 4 is 56.7 Å². The minimum Gasteiger partial charge on any atom is -0.313 e. The maximum atomic E-state index is 12.4. The number of aromatic nitrogens is 1. The molecular weight excluding hydrogens is 463 g/mol. The van der Waals surface area contributed by atoms with Crippen LogP contribution in [0.2, 0.25) is 0 Å². The van der Waals surface area contributed by atoms with E-state index in [1.165, 1.54) is 34.7 Å². The van der Waals surface area contributed by atoms with E-state index in [1.54, 1.807) is 0 Å². The smallest absolute Gasteiger partial charge is 0.182 e. The second-order valence-corrected chi connectivity index (χ2v) is 7.33. The summed E-state index contributed by atoms with van der Waals surface area (Å²) in [5.41, 5.74) is 1.94. The van der Waals surface area contributed by atoms with Crippen molar-refractivity contribution in [2.75, 3.05) is 0 Å². The van der Waals surface area contributed by atoms with Gasteiger partial charge in [0.1, 0.15) is 0 Å². The number of nitrogens with one attached hydrogen (secondary N) is 1. The number of benzene rings is 1. The van der Waals surface area contributed by atoms with Crippen LogP contribution >= 0.6 is 50.9 Å². The predicted octanol–water partition coefficient (Wildman–Crippen LogP) is 3.97. The van der Waals surface area contributed by atoms with Gasteiger partial charge in [-0.25, -0.2) is 0 Å². The quantitative estimate of drug-likeness (QED) is 0.526. The van der Waals surface area contributed by atoms with E-state index >= 15 is 0 Å². The lowest BCUT2D eigenvalue weighted by Crippen LogP contribution is -2.22. The fourth-order valence-electron chi connectivity index (χ4n) is 2.59. The van der Waals surface area contributed by atoms with Crippen molar-refractivity contribution in [3.8, 4) is 0 Å². The summed E-state index contributed by atoms with van der Waals surface area (Å²) in [7, 11) is 0. The van der Waals surface area contributed by atoms with E-state index in [9.17, 15) is 4.79 Å². The van der Waals surface area contributed by atoms with E-state index in [2.05, 4.69) is 22.6 Å². The summed E-state index contributed by atoms with van der Waals surface area (Å²) >= 11 is 3.76. The molecule has 1 N–H and O–H groups in total. The number of nitrogens with zero attached hydrogens (tertiary/aromatic N) is 1. The maximum Gasteiger partial charge on any atom is 0.182 e. The van der Waals surface area contributed by atoms with Gasteiger partial charge in [-0.2, -0.15) is 0 Å². The standard InChI is InChI=1S/C15H15IN2OS.BrH/c16-11-7-5-10(6-8-11)13(19)9-18-12-3-1-2-4-14(12)20-15(18)17;/h5-8,17H,1-4,9H2;1H. The highest BCUT2D eigenvalue weighted by Crippen LogP contribution is 2.23. The average molecular weight is 479 g/mol. The molecule has 0 saturated carbocycles. The predicted molar refractivity (Wildman–Crippen MR) is 98.6 cm³/mol. The van der Waals surface area contributed by atoms with E-state index in [0.29, 0.717) is 11.3 Å². The Morgan fingerprint density at radius 3 is 2.62 bits per heavy atom. The van der Waals surface area contributed by atoms with E-state index in [-0.39, 0.29) is 22.8 Å². The minimum absolute atomic E-state index is 0. The summed E-state index contributed by atoms with van der Waals surface area (Å²) in [4.78, 5) is 14.2. The highest BCUT2D eigenvalue weighted by molar-refractivity contribution is 14.1. The summed E-state index contributed by atoms with van der Waals surface area (Å²) in [5, 5.41) is 8.08. The van der Waals surface area contributed by atoms with Crippen LogP contribution in [0, 0.1) is 8.98 Å². The molecule has 2 aromatic rings. The summed E-state index contributed by atoms with van der Waals surface area (Å²) in [5.74, 6) is 0.0890. The molecule has 1 aromatic carbocycles. The third-order valence-corrected chi connectivity index (χ3v) is 5.47. The van der Waals surface area contributed by atoms with Gasteiger partial charge in [-0.05, 0) is 60.4 Å². The van der Waals surface area contributed by atoms with E-state index < -0.39 is 0 Å². The first-order valence-corrected chi connectivity index (χ1v) is 8.59. The number of Topliss-reactive ketones (excluding diaryl/α,β-unsaturated/α-hetero) is 1. The molecule has 0 amide bonds. The first kappa shape index (κ1) is 16.9. The van der Waals surface area contributed by atoms with Gasteiger partial charge in [0.05, 0.1) is 6.54 Å². The average Bonchev–Trinajstić information content (AvgIpc) is 2.76. The summed E-state index contributed by atoms with van der Waals surface area (Å²) in [6.07, 6.45) is 4.44. The molecule has 1 aromatic heterocycles. The van der Waals surface area contributed by atoms with E-state index in [1.807, 2.05) is 28.8 Å². The fraction of sp³-hybridized carbons (Fsp3) is 0.333. The van der Waals surface area contributed by atoms with Crippen molar-refractivity contribution in [3.63, 3.8) is 0 Å². The lowest BCUT2D eigenvalue weighted by molar-refractivity contribution is 0.0969. The molecule has 0 fully saturated rings. The van der Waals surface area contributed by atoms with Gasteiger partial charge < -0.3 is 4.57 Å². The number of carbonyl (C=O) groups excluding carboxylic acids is 1. The molecule has 0 atom stereocenters. The van der Waals surface area contributed by atoms with Crippen LogP contribution in [0.3, 0.4) is 0 Å². The van der Waals surface area contributed by atoms with Gasteiger partial charge >= 0.3 is 0 Å². The molecule has 1 heterocycles. The lowest BCUT2D eigenvalue weighted by atomic mass is 10.0. The van der Waals surface area contributed by atoms with Gasteiger partial charge in [0, 0.05) is 19.7 Å². The number of ketones is 1. The molecule has 6 heteroatoms. The van der Waals surface area contributed by atoms with Gasteiger partial charge in [-0.15, -0.1) is 28.3 Å². The van der Waals surface area contributed by atoms with Gasteiger partial charge in [0.25, 0.3) is 0 Å². The number of carbonyl (C=O) groups is 1. The zero-order chi connectivity index (χ0) is 14.1.